The molecule has 1 aromatic heterocycles. The van der Waals surface area contributed by atoms with Crippen LogP contribution in [0, 0.1) is 11.3 Å². The maximum absolute atomic E-state index is 6.26. The SMILES string of the molecule is C[C@H]1C[C@H](OC[C@H](S)CN2CCN(c3ccccn3)CC2)CC(C)(C)C1. The summed E-state index contributed by atoms with van der Waals surface area (Å²) in [7, 11) is 0. The highest BCUT2D eigenvalue weighted by molar-refractivity contribution is 7.81. The Hall–Kier alpha value is -0.780. The summed E-state index contributed by atoms with van der Waals surface area (Å²) in [6.45, 7) is 13.1. The quantitative estimate of drug-likeness (QED) is 0.765. The van der Waals surface area contributed by atoms with Crippen LogP contribution in [-0.2, 0) is 4.74 Å². The van der Waals surface area contributed by atoms with E-state index in [1.54, 1.807) is 0 Å². The lowest BCUT2D eigenvalue weighted by Gasteiger charge is -2.39. The van der Waals surface area contributed by atoms with Crippen molar-refractivity contribution in [2.45, 2.75) is 51.4 Å². The Labute approximate surface area is 164 Å². The molecule has 2 heterocycles. The maximum Gasteiger partial charge on any atom is 0.128 e. The molecular formula is C21H35N3OS. The summed E-state index contributed by atoms with van der Waals surface area (Å²) in [6, 6.07) is 6.13. The van der Waals surface area contributed by atoms with E-state index in [1.807, 2.05) is 12.3 Å². The van der Waals surface area contributed by atoms with Gasteiger partial charge in [-0.2, -0.15) is 12.6 Å². The van der Waals surface area contributed by atoms with Crippen LogP contribution in [0.15, 0.2) is 24.4 Å². The van der Waals surface area contributed by atoms with Crippen LogP contribution in [-0.4, -0.2) is 60.6 Å². The van der Waals surface area contributed by atoms with Crippen LogP contribution < -0.4 is 4.90 Å². The van der Waals surface area contributed by atoms with Gasteiger partial charge in [-0.25, -0.2) is 4.98 Å². The van der Waals surface area contributed by atoms with Gasteiger partial charge in [0.2, 0.25) is 0 Å². The lowest BCUT2D eigenvalue weighted by molar-refractivity contribution is -0.0237. The molecule has 1 saturated heterocycles. The lowest BCUT2D eigenvalue weighted by Crippen LogP contribution is -2.48. The third kappa shape index (κ3) is 5.86. The minimum absolute atomic E-state index is 0.289. The third-order valence-corrected chi connectivity index (χ3v) is 6.00. The molecule has 3 rings (SSSR count). The van der Waals surface area contributed by atoms with Crippen molar-refractivity contribution in [2.24, 2.45) is 11.3 Å². The van der Waals surface area contributed by atoms with Gasteiger partial charge in [0.15, 0.2) is 0 Å². The van der Waals surface area contributed by atoms with Crippen molar-refractivity contribution in [1.29, 1.82) is 0 Å². The fourth-order valence-electron chi connectivity index (χ4n) is 4.68. The second-order valence-corrected chi connectivity index (χ2v) is 9.73. The van der Waals surface area contributed by atoms with Gasteiger partial charge in [0.05, 0.1) is 12.7 Å². The van der Waals surface area contributed by atoms with Gasteiger partial charge in [0, 0.05) is 44.2 Å². The number of aromatic nitrogens is 1. The molecule has 0 spiro atoms. The largest absolute Gasteiger partial charge is 0.377 e. The highest BCUT2D eigenvalue weighted by atomic mass is 32.1. The van der Waals surface area contributed by atoms with Crippen molar-refractivity contribution < 1.29 is 4.74 Å². The number of pyridine rings is 1. The Kier molecular flexibility index (Phi) is 6.87. The number of piperazine rings is 1. The molecule has 0 aromatic carbocycles. The van der Waals surface area contributed by atoms with E-state index in [0.29, 0.717) is 11.5 Å². The molecule has 3 atom stereocenters. The van der Waals surface area contributed by atoms with Gasteiger partial charge in [-0.1, -0.05) is 26.8 Å². The molecule has 146 valence electrons. The normalized spacial score (nSPS) is 28.1. The van der Waals surface area contributed by atoms with Crippen LogP contribution in [0.25, 0.3) is 0 Å². The number of anilines is 1. The Morgan fingerprint density at radius 1 is 1.23 bits per heavy atom. The van der Waals surface area contributed by atoms with Crippen LogP contribution in [0.4, 0.5) is 5.82 Å². The standard InChI is InChI=1S/C21H35N3OS/c1-17-12-18(14-21(2,3)13-17)25-16-19(26)15-23-8-10-24(11-9-23)20-6-4-5-7-22-20/h4-7,17-19,26H,8-16H2,1-3H3/t17-,18-,19+/m0/s1. The fourth-order valence-corrected chi connectivity index (χ4v) is 5.00. The van der Waals surface area contributed by atoms with Crippen molar-refractivity contribution >= 4 is 18.4 Å². The average molecular weight is 378 g/mol. The Morgan fingerprint density at radius 2 is 2.00 bits per heavy atom. The number of thiol groups is 1. The summed E-state index contributed by atoms with van der Waals surface area (Å²) >= 11 is 4.81. The molecule has 5 heteroatoms. The number of nitrogens with zero attached hydrogens (tertiary/aromatic N) is 3. The first-order chi connectivity index (χ1) is 12.4. The number of ether oxygens (including phenoxy) is 1. The van der Waals surface area contributed by atoms with Crippen LogP contribution in [0.5, 0.6) is 0 Å². The molecule has 26 heavy (non-hydrogen) atoms. The molecule has 0 bridgehead atoms. The zero-order valence-corrected chi connectivity index (χ0v) is 17.5. The zero-order valence-electron chi connectivity index (χ0n) is 16.6. The molecule has 4 nitrogen and oxygen atoms in total. The summed E-state index contributed by atoms with van der Waals surface area (Å²) < 4.78 is 6.26. The van der Waals surface area contributed by atoms with Gasteiger partial charge in [0.25, 0.3) is 0 Å². The van der Waals surface area contributed by atoms with E-state index in [9.17, 15) is 0 Å². The summed E-state index contributed by atoms with van der Waals surface area (Å²) in [5.74, 6) is 1.86. The number of hydrogen-bond acceptors (Lipinski definition) is 5. The molecule has 0 amide bonds. The van der Waals surface area contributed by atoms with E-state index in [4.69, 9.17) is 17.4 Å². The number of rotatable bonds is 6. The monoisotopic (exact) mass is 377 g/mol. The van der Waals surface area contributed by atoms with E-state index in [0.717, 1.165) is 51.1 Å². The molecule has 1 saturated carbocycles. The minimum atomic E-state index is 0.289. The van der Waals surface area contributed by atoms with Gasteiger partial charge in [0.1, 0.15) is 5.82 Å². The van der Waals surface area contributed by atoms with Gasteiger partial charge in [-0.15, -0.1) is 0 Å². The molecule has 1 aromatic rings. The number of hydrogen-bond donors (Lipinski definition) is 1. The molecule has 0 radical (unpaired) electrons. The molecule has 0 unspecified atom stereocenters. The summed E-state index contributed by atoms with van der Waals surface area (Å²) in [5.41, 5.74) is 0.413. The van der Waals surface area contributed by atoms with Gasteiger partial charge in [-0.05, 0) is 42.7 Å². The van der Waals surface area contributed by atoms with E-state index in [-0.39, 0.29) is 5.25 Å². The van der Waals surface area contributed by atoms with E-state index >= 15 is 0 Å². The molecule has 0 N–H and O–H groups in total. The Bertz CT molecular complexity index is 545. The Morgan fingerprint density at radius 3 is 2.65 bits per heavy atom. The first kappa shape index (κ1) is 20.0. The molecule has 2 aliphatic rings. The van der Waals surface area contributed by atoms with Crippen molar-refractivity contribution in [3.05, 3.63) is 24.4 Å². The van der Waals surface area contributed by atoms with Crippen molar-refractivity contribution in [3.63, 3.8) is 0 Å². The van der Waals surface area contributed by atoms with Crippen LogP contribution >= 0.6 is 12.6 Å². The third-order valence-electron chi connectivity index (χ3n) is 5.69. The molecule has 1 aliphatic carbocycles. The summed E-state index contributed by atoms with van der Waals surface area (Å²) in [6.07, 6.45) is 5.98. The predicted molar refractivity (Wildman–Crippen MR) is 112 cm³/mol. The molecule has 2 fully saturated rings. The summed E-state index contributed by atoms with van der Waals surface area (Å²) in [4.78, 5) is 9.33. The van der Waals surface area contributed by atoms with Crippen molar-refractivity contribution in [3.8, 4) is 0 Å². The zero-order chi connectivity index (χ0) is 18.6. The highest BCUT2D eigenvalue weighted by Gasteiger charge is 2.32. The second kappa shape index (κ2) is 8.94. The predicted octanol–water partition coefficient (Wildman–Crippen LogP) is 3.73. The van der Waals surface area contributed by atoms with E-state index in [1.165, 1.54) is 19.3 Å². The first-order valence-corrected chi connectivity index (χ1v) is 10.6. The van der Waals surface area contributed by atoms with Crippen LogP contribution in [0.2, 0.25) is 0 Å². The van der Waals surface area contributed by atoms with Crippen LogP contribution in [0.3, 0.4) is 0 Å². The first-order valence-electron chi connectivity index (χ1n) is 10.1. The van der Waals surface area contributed by atoms with Crippen molar-refractivity contribution in [2.75, 3.05) is 44.2 Å². The van der Waals surface area contributed by atoms with Gasteiger partial charge in [-0.3, -0.25) is 4.90 Å². The summed E-state index contributed by atoms with van der Waals surface area (Å²) in [5, 5.41) is 0.289. The van der Waals surface area contributed by atoms with Gasteiger partial charge < -0.3 is 9.64 Å². The smallest absolute Gasteiger partial charge is 0.128 e. The lowest BCUT2D eigenvalue weighted by atomic mass is 9.71. The maximum atomic E-state index is 6.26. The van der Waals surface area contributed by atoms with Gasteiger partial charge >= 0.3 is 0 Å². The van der Waals surface area contributed by atoms with Crippen molar-refractivity contribution in [1.82, 2.24) is 9.88 Å². The minimum Gasteiger partial charge on any atom is -0.377 e. The topological polar surface area (TPSA) is 28.6 Å². The highest BCUT2D eigenvalue weighted by Crippen LogP contribution is 2.39. The van der Waals surface area contributed by atoms with E-state index < -0.39 is 0 Å². The fraction of sp³-hybridized carbons (Fsp3) is 0.762. The Balaban J connectivity index is 1.37. The molecule has 1 aliphatic heterocycles. The second-order valence-electron chi connectivity index (χ2n) is 9.00. The van der Waals surface area contributed by atoms with Crippen LogP contribution in [0.1, 0.15) is 40.0 Å². The average Bonchev–Trinajstić information content (AvgIpc) is 2.60. The van der Waals surface area contributed by atoms with E-state index in [2.05, 4.69) is 47.7 Å². The molecular weight excluding hydrogens is 342 g/mol.